The molecule has 0 bridgehead atoms. The molecule has 0 N–H and O–H groups in total. The van der Waals surface area contributed by atoms with Crippen molar-refractivity contribution in [3.8, 4) is 23.0 Å². The number of hydrogen-bond acceptors (Lipinski definition) is 4. The molecule has 0 atom stereocenters. The minimum absolute atomic E-state index is 0.000312. The summed E-state index contributed by atoms with van der Waals surface area (Å²) < 4.78 is 136. The van der Waals surface area contributed by atoms with E-state index in [-0.39, 0.29) is 110 Å². The molecular formula is C39H40F8O4. The number of alkyl halides is 2. The Labute approximate surface area is 292 Å². The predicted molar refractivity (Wildman–Crippen MR) is 177 cm³/mol. The van der Waals surface area contributed by atoms with Crippen LogP contribution in [0.2, 0.25) is 0 Å². The van der Waals surface area contributed by atoms with Crippen molar-refractivity contribution in [3.63, 3.8) is 0 Å². The van der Waals surface area contributed by atoms with Crippen LogP contribution >= 0.6 is 0 Å². The van der Waals surface area contributed by atoms with E-state index in [9.17, 15) is 35.1 Å². The molecule has 0 aliphatic carbocycles. The average Bonchev–Trinajstić information content (AvgIpc) is 3.10. The van der Waals surface area contributed by atoms with Crippen molar-refractivity contribution in [3.05, 3.63) is 118 Å². The van der Waals surface area contributed by atoms with Crippen LogP contribution in [0.4, 0.5) is 35.1 Å². The van der Waals surface area contributed by atoms with Crippen molar-refractivity contribution < 1.29 is 54.1 Å². The van der Waals surface area contributed by atoms with Crippen molar-refractivity contribution in [2.45, 2.75) is 71.1 Å². The quantitative estimate of drug-likeness (QED) is 0.0672. The molecule has 0 radical (unpaired) electrons. The van der Waals surface area contributed by atoms with Crippen LogP contribution in [0, 0.1) is 34.9 Å². The van der Waals surface area contributed by atoms with Gasteiger partial charge in [-0.3, -0.25) is 0 Å². The van der Waals surface area contributed by atoms with Gasteiger partial charge in [0, 0.05) is 25.0 Å². The van der Waals surface area contributed by atoms with Crippen LogP contribution in [0.1, 0.15) is 61.8 Å². The zero-order valence-electron chi connectivity index (χ0n) is 28.4. The van der Waals surface area contributed by atoms with Gasteiger partial charge in [0.1, 0.15) is 23.1 Å². The first-order chi connectivity index (χ1) is 24.4. The van der Waals surface area contributed by atoms with Crippen molar-refractivity contribution >= 4 is 0 Å². The molecule has 0 fully saturated rings. The zero-order valence-corrected chi connectivity index (χ0v) is 28.4. The number of hydrogen-bond donors (Lipinski definition) is 0. The highest BCUT2D eigenvalue weighted by Crippen LogP contribution is 2.29. The molecular weight excluding hydrogens is 684 g/mol. The van der Waals surface area contributed by atoms with Crippen LogP contribution in [0.25, 0.3) is 0 Å². The summed E-state index contributed by atoms with van der Waals surface area (Å²) >= 11 is 0. The van der Waals surface area contributed by atoms with Crippen LogP contribution in [0.3, 0.4) is 0 Å². The SMILES string of the molecule is CCOc1ccc(CCc2ccc(OCCCC(F)(F)CCCOc3ccc(CCc4ccc(OCC)c(F)c4F)c(F)c3)cc2F)c(F)c1F. The number of ether oxygens (including phenoxy) is 4. The Morgan fingerprint density at radius 1 is 0.471 bits per heavy atom. The van der Waals surface area contributed by atoms with Crippen LogP contribution in [-0.4, -0.2) is 32.4 Å². The lowest BCUT2D eigenvalue weighted by Crippen LogP contribution is -2.18. The summed E-state index contributed by atoms with van der Waals surface area (Å²) in [7, 11) is 0. The molecule has 0 heterocycles. The highest BCUT2D eigenvalue weighted by atomic mass is 19.3. The number of benzene rings is 4. The van der Waals surface area contributed by atoms with Gasteiger partial charge in [0.05, 0.1) is 26.4 Å². The second-order valence-electron chi connectivity index (χ2n) is 11.8. The van der Waals surface area contributed by atoms with E-state index in [0.29, 0.717) is 0 Å². The molecule has 0 aliphatic heterocycles. The van der Waals surface area contributed by atoms with E-state index in [1.54, 1.807) is 13.8 Å². The van der Waals surface area contributed by atoms with Gasteiger partial charge in [0.2, 0.25) is 17.6 Å². The summed E-state index contributed by atoms with van der Waals surface area (Å²) in [6.07, 6.45) is -0.642. The molecule has 4 aromatic carbocycles. The Bertz CT molecular complexity index is 1620. The van der Waals surface area contributed by atoms with Gasteiger partial charge < -0.3 is 18.9 Å². The van der Waals surface area contributed by atoms with E-state index >= 15 is 0 Å². The van der Waals surface area contributed by atoms with E-state index in [2.05, 4.69) is 0 Å². The lowest BCUT2D eigenvalue weighted by atomic mass is 10.0. The largest absolute Gasteiger partial charge is 0.493 e. The lowest BCUT2D eigenvalue weighted by molar-refractivity contribution is -0.0247. The maximum absolute atomic E-state index is 14.6. The first-order valence-corrected chi connectivity index (χ1v) is 16.8. The highest BCUT2D eigenvalue weighted by molar-refractivity contribution is 5.35. The van der Waals surface area contributed by atoms with Gasteiger partial charge in [-0.15, -0.1) is 0 Å². The molecule has 276 valence electrons. The molecule has 4 aromatic rings. The lowest BCUT2D eigenvalue weighted by Gasteiger charge is -2.17. The maximum atomic E-state index is 14.6. The monoisotopic (exact) mass is 724 g/mol. The summed E-state index contributed by atoms with van der Waals surface area (Å²) in [5.41, 5.74) is 0.688. The fraction of sp³-hybridized carbons (Fsp3) is 0.385. The number of aryl methyl sites for hydroxylation is 4. The maximum Gasteiger partial charge on any atom is 0.248 e. The smallest absolute Gasteiger partial charge is 0.248 e. The van der Waals surface area contributed by atoms with Crippen molar-refractivity contribution in [2.24, 2.45) is 0 Å². The Morgan fingerprint density at radius 3 is 1.22 bits per heavy atom. The molecule has 0 spiro atoms. The van der Waals surface area contributed by atoms with Crippen LogP contribution in [0.15, 0.2) is 60.7 Å². The summed E-state index contributed by atoms with van der Waals surface area (Å²) in [5.74, 6) is -8.58. The highest BCUT2D eigenvalue weighted by Gasteiger charge is 2.27. The molecule has 12 heteroatoms. The molecule has 0 amide bonds. The van der Waals surface area contributed by atoms with Crippen LogP contribution in [-0.2, 0) is 25.7 Å². The van der Waals surface area contributed by atoms with E-state index in [0.717, 1.165) is 12.1 Å². The van der Waals surface area contributed by atoms with Crippen LogP contribution in [0.5, 0.6) is 23.0 Å². The zero-order chi connectivity index (χ0) is 37.0. The van der Waals surface area contributed by atoms with Crippen LogP contribution < -0.4 is 18.9 Å². The topological polar surface area (TPSA) is 36.9 Å². The summed E-state index contributed by atoms with van der Waals surface area (Å²) in [5, 5.41) is 0. The van der Waals surface area contributed by atoms with Gasteiger partial charge in [-0.05, 0) is 98.9 Å². The summed E-state index contributed by atoms with van der Waals surface area (Å²) in [4.78, 5) is 0. The molecule has 4 nitrogen and oxygen atoms in total. The van der Waals surface area contributed by atoms with Gasteiger partial charge in [-0.25, -0.2) is 26.3 Å². The summed E-state index contributed by atoms with van der Waals surface area (Å²) in [6.45, 7) is 3.51. The predicted octanol–water partition coefficient (Wildman–Crippen LogP) is 10.5. The van der Waals surface area contributed by atoms with Crippen molar-refractivity contribution in [2.75, 3.05) is 26.4 Å². The normalized spacial score (nSPS) is 11.5. The standard InChI is InChI=1S/C39H40F8O4/c1-3-48-33-17-13-27(35(42)37(33)44)9-7-25-11-15-29(23-31(25)40)50-21-5-19-39(46,47)20-6-22-51-30-16-12-26(32(41)24-30)8-10-28-14-18-34(49-4-2)38(45)36(28)43/h11-18,23-24H,3-10,19-22H2,1-2H3. The third-order valence-corrected chi connectivity index (χ3v) is 8.14. The first-order valence-electron chi connectivity index (χ1n) is 16.8. The first kappa shape index (κ1) is 39.3. The Morgan fingerprint density at radius 2 is 0.843 bits per heavy atom. The van der Waals surface area contributed by atoms with Crippen molar-refractivity contribution in [1.82, 2.24) is 0 Å². The van der Waals surface area contributed by atoms with E-state index in [1.807, 2.05) is 0 Å². The minimum Gasteiger partial charge on any atom is -0.493 e. The third kappa shape index (κ3) is 11.3. The van der Waals surface area contributed by atoms with Gasteiger partial charge >= 0.3 is 0 Å². The molecule has 51 heavy (non-hydrogen) atoms. The van der Waals surface area contributed by atoms with Crippen molar-refractivity contribution in [1.29, 1.82) is 0 Å². The average molecular weight is 725 g/mol. The Hall–Kier alpha value is -4.48. The second-order valence-corrected chi connectivity index (χ2v) is 11.8. The second kappa shape index (κ2) is 18.7. The van der Waals surface area contributed by atoms with Gasteiger partial charge in [-0.2, -0.15) is 8.78 Å². The molecule has 0 saturated heterocycles. The molecule has 0 unspecified atom stereocenters. The Balaban J connectivity index is 1.14. The van der Waals surface area contributed by atoms with Gasteiger partial charge in [0.25, 0.3) is 0 Å². The van der Waals surface area contributed by atoms with E-state index in [4.69, 9.17) is 18.9 Å². The molecule has 0 aromatic heterocycles. The molecule has 4 rings (SSSR count). The number of halogens is 8. The van der Waals surface area contributed by atoms with E-state index < -0.39 is 53.7 Å². The third-order valence-electron chi connectivity index (χ3n) is 8.14. The number of rotatable bonds is 20. The summed E-state index contributed by atoms with van der Waals surface area (Å²) in [6, 6.07) is 13.6. The van der Waals surface area contributed by atoms with Gasteiger partial charge in [0.15, 0.2) is 23.1 Å². The molecule has 0 saturated carbocycles. The fourth-order valence-corrected chi connectivity index (χ4v) is 5.41. The van der Waals surface area contributed by atoms with Gasteiger partial charge in [-0.1, -0.05) is 24.3 Å². The Kier molecular flexibility index (Phi) is 14.4. The minimum atomic E-state index is -3.01. The molecule has 0 aliphatic rings. The van der Waals surface area contributed by atoms with E-state index in [1.165, 1.54) is 48.5 Å². The fourth-order valence-electron chi connectivity index (χ4n) is 5.41.